The monoisotopic (exact) mass is 300 g/mol. The average Bonchev–Trinajstić information content (AvgIpc) is 2.67. The molecule has 2 nitrogen and oxygen atoms in total. The van der Waals surface area contributed by atoms with Crippen LogP contribution in [0, 0.1) is 5.92 Å². The molecular weight excluding hydrogens is 264 g/mol. The molecule has 1 aliphatic rings. The molecule has 0 aromatic rings. The Hall–Kier alpha value is 0.270. The average molecular weight is 301 g/mol. The van der Waals surface area contributed by atoms with Gasteiger partial charge in [0.05, 0.1) is 0 Å². The number of thioether (sulfide) groups is 1. The van der Waals surface area contributed by atoms with Crippen molar-refractivity contribution in [3.63, 3.8) is 0 Å². The molecule has 1 saturated carbocycles. The first-order valence-corrected chi connectivity index (χ1v) is 10.0. The second-order valence-electron chi connectivity index (χ2n) is 6.53. The molecule has 3 heteroatoms. The van der Waals surface area contributed by atoms with Crippen molar-refractivity contribution in [1.29, 1.82) is 0 Å². The summed E-state index contributed by atoms with van der Waals surface area (Å²) in [4.78, 5) is 2.60. The molecular formula is C17H36N2S. The predicted molar refractivity (Wildman–Crippen MR) is 93.7 cm³/mol. The van der Waals surface area contributed by atoms with Crippen molar-refractivity contribution in [3.05, 3.63) is 0 Å². The standard InChI is InChI=1S/C17H36N2S/c1-5-12-18-17-10-8-6-7-9-16(17)14-19(3)15(2)11-13-20-4/h15-18H,5-14H2,1-4H3. The van der Waals surface area contributed by atoms with E-state index in [-0.39, 0.29) is 0 Å². The van der Waals surface area contributed by atoms with Crippen LogP contribution < -0.4 is 5.32 Å². The third-order valence-electron chi connectivity index (χ3n) is 4.83. The second kappa shape index (κ2) is 10.9. The molecule has 1 rings (SSSR count). The van der Waals surface area contributed by atoms with Crippen LogP contribution >= 0.6 is 11.8 Å². The largest absolute Gasteiger partial charge is 0.314 e. The normalized spacial score (nSPS) is 25.6. The van der Waals surface area contributed by atoms with E-state index in [0.717, 1.165) is 18.0 Å². The highest BCUT2D eigenvalue weighted by atomic mass is 32.2. The van der Waals surface area contributed by atoms with Crippen molar-refractivity contribution in [1.82, 2.24) is 10.2 Å². The highest BCUT2D eigenvalue weighted by molar-refractivity contribution is 7.98. The highest BCUT2D eigenvalue weighted by Gasteiger charge is 2.25. The van der Waals surface area contributed by atoms with E-state index in [1.165, 1.54) is 63.8 Å². The van der Waals surface area contributed by atoms with Crippen LogP contribution in [0.15, 0.2) is 0 Å². The fraction of sp³-hybridized carbons (Fsp3) is 1.00. The maximum atomic E-state index is 3.82. The topological polar surface area (TPSA) is 15.3 Å². The van der Waals surface area contributed by atoms with Gasteiger partial charge in [0.15, 0.2) is 0 Å². The van der Waals surface area contributed by atoms with Crippen LogP contribution in [0.3, 0.4) is 0 Å². The lowest BCUT2D eigenvalue weighted by molar-refractivity contribution is 0.182. The number of nitrogens with zero attached hydrogens (tertiary/aromatic N) is 1. The molecule has 0 amide bonds. The maximum absolute atomic E-state index is 3.82. The van der Waals surface area contributed by atoms with E-state index in [9.17, 15) is 0 Å². The van der Waals surface area contributed by atoms with Crippen molar-refractivity contribution < 1.29 is 0 Å². The van der Waals surface area contributed by atoms with Crippen LogP contribution in [-0.4, -0.2) is 49.1 Å². The number of rotatable bonds is 9. The third-order valence-corrected chi connectivity index (χ3v) is 5.47. The predicted octanol–water partition coefficient (Wildman–Crippen LogP) is 4.01. The summed E-state index contributed by atoms with van der Waals surface area (Å²) < 4.78 is 0. The molecule has 1 N–H and O–H groups in total. The first-order chi connectivity index (χ1) is 9.69. The molecule has 1 fully saturated rings. The Morgan fingerprint density at radius 1 is 1.25 bits per heavy atom. The smallest absolute Gasteiger partial charge is 0.0107 e. The van der Waals surface area contributed by atoms with E-state index < -0.39 is 0 Å². The molecule has 0 heterocycles. The van der Waals surface area contributed by atoms with Gasteiger partial charge in [0.25, 0.3) is 0 Å². The fourth-order valence-corrected chi connectivity index (χ4v) is 3.84. The summed E-state index contributed by atoms with van der Waals surface area (Å²) in [6, 6.07) is 1.48. The van der Waals surface area contributed by atoms with Gasteiger partial charge in [-0.1, -0.05) is 26.2 Å². The van der Waals surface area contributed by atoms with E-state index >= 15 is 0 Å². The molecule has 0 radical (unpaired) electrons. The van der Waals surface area contributed by atoms with Gasteiger partial charge in [-0.05, 0) is 64.1 Å². The molecule has 1 aliphatic carbocycles. The van der Waals surface area contributed by atoms with Crippen molar-refractivity contribution in [3.8, 4) is 0 Å². The lowest BCUT2D eigenvalue weighted by atomic mass is 9.93. The van der Waals surface area contributed by atoms with Crippen LogP contribution in [0.2, 0.25) is 0 Å². The zero-order valence-corrected chi connectivity index (χ0v) is 15.0. The van der Waals surface area contributed by atoms with Crippen LogP contribution in [0.25, 0.3) is 0 Å². The minimum absolute atomic E-state index is 0.720. The van der Waals surface area contributed by atoms with E-state index in [4.69, 9.17) is 0 Å². The van der Waals surface area contributed by atoms with E-state index in [1.54, 1.807) is 0 Å². The van der Waals surface area contributed by atoms with Gasteiger partial charge in [-0.2, -0.15) is 11.8 Å². The summed E-state index contributed by atoms with van der Waals surface area (Å²) in [5.74, 6) is 2.14. The molecule has 0 spiro atoms. The van der Waals surface area contributed by atoms with Crippen molar-refractivity contribution >= 4 is 11.8 Å². The Balaban J connectivity index is 2.46. The first-order valence-electron chi connectivity index (χ1n) is 8.61. The number of hydrogen-bond donors (Lipinski definition) is 1. The summed E-state index contributed by atoms with van der Waals surface area (Å²) in [6.07, 6.45) is 11.9. The SMILES string of the molecule is CCCNC1CCCCCC1CN(C)C(C)CCSC. The van der Waals surface area contributed by atoms with Crippen molar-refractivity contribution in [2.45, 2.75) is 70.9 Å². The quantitative estimate of drug-likeness (QED) is 0.648. The van der Waals surface area contributed by atoms with Gasteiger partial charge in [-0.25, -0.2) is 0 Å². The minimum Gasteiger partial charge on any atom is -0.314 e. The number of nitrogens with one attached hydrogen (secondary N) is 1. The van der Waals surface area contributed by atoms with Crippen molar-refractivity contribution in [2.24, 2.45) is 5.92 Å². The Kier molecular flexibility index (Phi) is 10.0. The summed E-state index contributed by atoms with van der Waals surface area (Å²) in [7, 11) is 2.33. The van der Waals surface area contributed by atoms with Crippen LogP contribution in [0.1, 0.15) is 58.8 Å². The van der Waals surface area contributed by atoms with Crippen LogP contribution in [-0.2, 0) is 0 Å². The summed E-state index contributed by atoms with van der Waals surface area (Å²) in [5.41, 5.74) is 0. The molecule has 3 atom stereocenters. The molecule has 0 aromatic heterocycles. The van der Waals surface area contributed by atoms with Crippen molar-refractivity contribution in [2.75, 3.05) is 32.1 Å². The molecule has 20 heavy (non-hydrogen) atoms. The van der Waals surface area contributed by atoms with Gasteiger partial charge in [0.2, 0.25) is 0 Å². The maximum Gasteiger partial charge on any atom is 0.0107 e. The Morgan fingerprint density at radius 2 is 2.00 bits per heavy atom. The second-order valence-corrected chi connectivity index (χ2v) is 7.51. The van der Waals surface area contributed by atoms with Gasteiger partial charge in [0.1, 0.15) is 0 Å². The molecule has 0 aromatic carbocycles. The summed E-state index contributed by atoms with van der Waals surface area (Å²) in [6.45, 7) is 7.13. The van der Waals surface area contributed by atoms with Gasteiger partial charge >= 0.3 is 0 Å². The molecule has 120 valence electrons. The molecule has 3 unspecified atom stereocenters. The Morgan fingerprint density at radius 3 is 2.70 bits per heavy atom. The van der Waals surface area contributed by atoms with E-state index in [1.807, 2.05) is 11.8 Å². The lowest BCUT2D eigenvalue weighted by Gasteiger charge is -2.33. The van der Waals surface area contributed by atoms with Gasteiger partial charge in [0, 0.05) is 18.6 Å². The zero-order chi connectivity index (χ0) is 14.8. The third kappa shape index (κ3) is 6.82. The molecule has 0 bridgehead atoms. The minimum atomic E-state index is 0.720. The molecule has 0 saturated heterocycles. The zero-order valence-electron chi connectivity index (χ0n) is 14.2. The van der Waals surface area contributed by atoms with Gasteiger partial charge < -0.3 is 10.2 Å². The summed E-state index contributed by atoms with van der Waals surface area (Å²) >= 11 is 1.97. The van der Waals surface area contributed by atoms with Crippen LogP contribution in [0.5, 0.6) is 0 Å². The Bertz CT molecular complexity index is 235. The molecule has 0 aliphatic heterocycles. The van der Waals surface area contributed by atoms with E-state index in [0.29, 0.717) is 0 Å². The first kappa shape index (κ1) is 18.3. The van der Waals surface area contributed by atoms with Gasteiger partial charge in [-0.15, -0.1) is 0 Å². The lowest BCUT2D eigenvalue weighted by Crippen LogP contribution is -2.43. The summed E-state index contributed by atoms with van der Waals surface area (Å²) in [5, 5.41) is 3.82. The number of hydrogen-bond acceptors (Lipinski definition) is 3. The Labute approximate surface area is 131 Å². The van der Waals surface area contributed by atoms with E-state index in [2.05, 4.69) is 37.4 Å². The van der Waals surface area contributed by atoms with Crippen LogP contribution in [0.4, 0.5) is 0 Å². The highest BCUT2D eigenvalue weighted by Crippen LogP contribution is 2.25. The fourth-order valence-electron chi connectivity index (χ4n) is 3.26. The van der Waals surface area contributed by atoms with Gasteiger partial charge in [-0.3, -0.25) is 0 Å².